The smallest absolute Gasteiger partial charge is 0.302 e. The molecule has 0 aliphatic heterocycles. The molecular weight excluding hydrogens is 412 g/mol. The van der Waals surface area contributed by atoms with E-state index in [1.807, 2.05) is 0 Å². The van der Waals surface area contributed by atoms with Gasteiger partial charge < -0.3 is 28.4 Å². The van der Waals surface area contributed by atoms with Gasteiger partial charge in [-0.1, -0.05) is 71.1 Å². The predicted molar refractivity (Wildman–Crippen MR) is 127 cm³/mol. The normalized spacial score (nSPS) is 11.2. The molecule has 192 valence electrons. The molecule has 0 atom stereocenters. The zero-order chi connectivity index (χ0) is 23.4. The summed E-state index contributed by atoms with van der Waals surface area (Å²) in [5.74, 6) is -0.293. The van der Waals surface area contributed by atoms with Crippen molar-refractivity contribution in [2.45, 2.75) is 84.5 Å². The van der Waals surface area contributed by atoms with Crippen molar-refractivity contribution in [2.24, 2.45) is 0 Å². The molecule has 0 heterocycles. The first-order chi connectivity index (χ1) is 15.8. The summed E-state index contributed by atoms with van der Waals surface area (Å²) < 4.78 is 31.9. The third kappa shape index (κ3) is 29.3. The Morgan fingerprint density at radius 1 is 0.438 bits per heavy atom. The van der Waals surface area contributed by atoms with Crippen molar-refractivity contribution in [3.05, 3.63) is 0 Å². The molecule has 0 bridgehead atoms. The Hall–Kier alpha value is -0.730. The molecular formula is C25H50O7. The van der Waals surface area contributed by atoms with Crippen molar-refractivity contribution >= 4 is 5.97 Å². The second kappa shape index (κ2) is 28.3. The van der Waals surface area contributed by atoms with Gasteiger partial charge in [0.15, 0.2) is 0 Å². The van der Waals surface area contributed by atoms with Crippen LogP contribution < -0.4 is 0 Å². The SMILES string of the molecule is CCCCCCCCCCCCCOCCOCCOCCOCCOCCOC(C)=O. The maximum atomic E-state index is 10.6. The fraction of sp³-hybridized carbons (Fsp3) is 0.960. The zero-order valence-corrected chi connectivity index (χ0v) is 20.9. The van der Waals surface area contributed by atoms with Crippen LogP contribution in [0.2, 0.25) is 0 Å². The minimum atomic E-state index is -0.293. The van der Waals surface area contributed by atoms with Crippen molar-refractivity contribution in [2.75, 3.05) is 72.7 Å². The van der Waals surface area contributed by atoms with Gasteiger partial charge in [-0.2, -0.15) is 0 Å². The molecule has 0 radical (unpaired) electrons. The molecule has 7 nitrogen and oxygen atoms in total. The summed E-state index contributed by atoms with van der Waals surface area (Å²) in [6.07, 6.45) is 14.9. The van der Waals surface area contributed by atoms with Crippen molar-refractivity contribution in [1.29, 1.82) is 0 Å². The Balaban J connectivity index is 3.00. The number of carbonyl (C=O) groups excluding carboxylic acids is 1. The topological polar surface area (TPSA) is 72.5 Å². The van der Waals surface area contributed by atoms with Gasteiger partial charge in [0, 0.05) is 13.5 Å². The van der Waals surface area contributed by atoms with E-state index in [9.17, 15) is 4.79 Å². The number of hydrogen-bond donors (Lipinski definition) is 0. The van der Waals surface area contributed by atoms with Crippen LogP contribution in [0.1, 0.15) is 84.5 Å². The van der Waals surface area contributed by atoms with Crippen molar-refractivity contribution in [3.8, 4) is 0 Å². The molecule has 7 heteroatoms. The summed E-state index contributed by atoms with van der Waals surface area (Å²) in [7, 11) is 0. The fourth-order valence-electron chi connectivity index (χ4n) is 3.09. The Labute approximate surface area is 196 Å². The summed E-state index contributed by atoms with van der Waals surface area (Å²) in [5, 5.41) is 0. The van der Waals surface area contributed by atoms with E-state index in [2.05, 4.69) is 6.92 Å². The molecule has 0 saturated heterocycles. The van der Waals surface area contributed by atoms with Crippen LogP contribution in [0, 0.1) is 0 Å². The first kappa shape index (κ1) is 31.3. The number of carbonyl (C=O) groups is 1. The Morgan fingerprint density at radius 2 is 0.750 bits per heavy atom. The maximum Gasteiger partial charge on any atom is 0.302 e. The molecule has 0 rings (SSSR count). The van der Waals surface area contributed by atoms with E-state index in [1.54, 1.807) is 0 Å². The summed E-state index contributed by atoms with van der Waals surface area (Å²) in [5.41, 5.74) is 0. The first-order valence-corrected chi connectivity index (χ1v) is 12.8. The van der Waals surface area contributed by atoms with Gasteiger partial charge in [-0.05, 0) is 6.42 Å². The standard InChI is InChI=1S/C25H50O7/c1-3-4-5-6-7-8-9-10-11-12-13-14-27-15-16-28-17-18-29-19-20-30-21-22-31-23-24-32-25(2)26/h3-24H2,1-2H3. The van der Waals surface area contributed by atoms with Crippen molar-refractivity contribution in [1.82, 2.24) is 0 Å². The molecule has 0 aromatic carbocycles. The van der Waals surface area contributed by atoms with E-state index in [0.717, 1.165) is 13.0 Å². The number of rotatable bonds is 27. The van der Waals surface area contributed by atoms with Gasteiger partial charge in [-0.3, -0.25) is 4.79 Å². The monoisotopic (exact) mass is 462 g/mol. The molecule has 0 saturated carbocycles. The van der Waals surface area contributed by atoms with Gasteiger partial charge in [0.05, 0.1) is 59.5 Å². The minimum absolute atomic E-state index is 0.281. The Morgan fingerprint density at radius 3 is 1.12 bits per heavy atom. The van der Waals surface area contributed by atoms with E-state index < -0.39 is 0 Å². The molecule has 0 fully saturated rings. The van der Waals surface area contributed by atoms with Crippen LogP contribution in [0.4, 0.5) is 0 Å². The second-order valence-corrected chi connectivity index (χ2v) is 7.94. The average molecular weight is 463 g/mol. The highest BCUT2D eigenvalue weighted by Crippen LogP contribution is 2.11. The molecule has 0 aromatic heterocycles. The van der Waals surface area contributed by atoms with Gasteiger partial charge in [-0.15, -0.1) is 0 Å². The quantitative estimate of drug-likeness (QED) is 0.126. The predicted octanol–water partition coefficient (Wildman–Crippen LogP) is 4.94. The van der Waals surface area contributed by atoms with Gasteiger partial charge in [0.2, 0.25) is 0 Å². The maximum absolute atomic E-state index is 10.6. The highest BCUT2D eigenvalue weighted by molar-refractivity contribution is 5.65. The van der Waals surface area contributed by atoms with Crippen LogP contribution in [0.25, 0.3) is 0 Å². The number of esters is 1. The summed E-state index contributed by atoms with van der Waals surface area (Å²) in [6.45, 7) is 9.57. The summed E-state index contributed by atoms with van der Waals surface area (Å²) in [4.78, 5) is 10.6. The first-order valence-electron chi connectivity index (χ1n) is 12.8. The molecule has 0 aliphatic rings. The lowest BCUT2D eigenvalue weighted by Crippen LogP contribution is -2.14. The van der Waals surface area contributed by atoms with E-state index in [-0.39, 0.29) is 12.6 Å². The lowest BCUT2D eigenvalue weighted by Gasteiger charge is -2.08. The van der Waals surface area contributed by atoms with Crippen LogP contribution >= 0.6 is 0 Å². The molecule has 0 aromatic rings. The highest BCUT2D eigenvalue weighted by Gasteiger charge is 1.96. The third-order valence-electron chi connectivity index (χ3n) is 4.91. The number of ether oxygens (including phenoxy) is 6. The summed E-state index contributed by atoms with van der Waals surface area (Å²) in [6, 6.07) is 0. The number of unbranched alkanes of at least 4 members (excludes halogenated alkanes) is 10. The van der Waals surface area contributed by atoms with Gasteiger partial charge in [0.1, 0.15) is 6.61 Å². The third-order valence-corrected chi connectivity index (χ3v) is 4.91. The van der Waals surface area contributed by atoms with Crippen molar-refractivity contribution < 1.29 is 33.2 Å². The van der Waals surface area contributed by atoms with E-state index in [0.29, 0.717) is 59.5 Å². The van der Waals surface area contributed by atoms with Crippen LogP contribution in [0.15, 0.2) is 0 Å². The lowest BCUT2D eigenvalue weighted by molar-refractivity contribution is -0.142. The van der Waals surface area contributed by atoms with Crippen LogP contribution in [-0.2, 0) is 33.2 Å². The molecule has 0 aliphatic carbocycles. The van der Waals surface area contributed by atoms with Gasteiger partial charge >= 0.3 is 5.97 Å². The Bertz CT molecular complexity index is 366. The summed E-state index contributed by atoms with van der Waals surface area (Å²) >= 11 is 0. The highest BCUT2D eigenvalue weighted by atomic mass is 16.6. The molecule has 0 spiro atoms. The molecule has 0 amide bonds. The second-order valence-electron chi connectivity index (χ2n) is 7.94. The van der Waals surface area contributed by atoms with Crippen LogP contribution in [0.3, 0.4) is 0 Å². The van der Waals surface area contributed by atoms with Gasteiger partial charge in [-0.25, -0.2) is 0 Å². The van der Waals surface area contributed by atoms with Crippen LogP contribution in [0.5, 0.6) is 0 Å². The largest absolute Gasteiger partial charge is 0.463 e. The minimum Gasteiger partial charge on any atom is -0.463 e. The van der Waals surface area contributed by atoms with Crippen molar-refractivity contribution in [3.63, 3.8) is 0 Å². The zero-order valence-electron chi connectivity index (χ0n) is 20.9. The Kier molecular flexibility index (Phi) is 27.7. The van der Waals surface area contributed by atoms with E-state index >= 15 is 0 Å². The lowest BCUT2D eigenvalue weighted by atomic mass is 10.1. The molecule has 32 heavy (non-hydrogen) atoms. The van der Waals surface area contributed by atoms with E-state index in [4.69, 9.17) is 28.4 Å². The van der Waals surface area contributed by atoms with Gasteiger partial charge in [0.25, 0.3) is 0 Å². The molecule has 0 unspecified atom stereocenters. The fourth-order valence-corrected chi connectivity index (χ4v) is 3.09. The number of hydrogen-bond acceptors (Lipinski definition) is 7. The van der Waals surface area contributed by atoms with E-state index in [1.165, 1.54) is 71.1 Å². The van der Waals surface area contributed by atoms with Crippen LogP contribution in [-0.4, -0.2) is 78.6 Å². The average Bonchev–Trinajstić information content (AvgIpc) is 2.78. The molecule has 0 N–H and O–H groups in total.